The third-order valence-corrected chi connectivity index (χ3v) is 6.43. The standard InChI is InChI=1S/C22H29NO3S/c1-16(2)19-15-22(11-13-26-19,17-7-4-5-8-18(17)25-3)10-12-23-21(24)20-9-6-14-27-20/h4-9,14,16,19H,10-13,15H2,1-3H3,(H,23,24)/t19-,22-/m0/s1. The van der Waals surface area contributed by atoms with Crippen molar-refractivity contribution in [3.8, 4) is 5.75 Å². The minimum atomic E-state index is -0.0531. The summed E-state index contributed by atoms with van der Waals surface area (Å²) >= 11 is 1.47. The van der Waals surface area contributed by atoms with Crippen molar-refractivity contribution in [2.45, 2.75) is 44.6 Å². The predicted molar refractivity (Wildman–Crippen MR) is 110 cm³/mol. The number of rotatable bonds is 7. The largest absolute Gasteiger partial charge is 0.496 e. The van der Waals surface area contributed by atoms with Gasteiger partial charge in [-0.3, -0.25) is 4.79 Å². The molecule has 1 saturated heterocycles. The van der Waals surface area contributed by atoms with Crippen LogP contribution in [-0.4, -0.2) is 32.3 Å². The summed E-state index contributed by atoms with van der Waals surface area (Å²) in [6.07, 6.45) is 2.97. The fraction of sp³-hybridized carbons (Fsp3) is 0.500. The molecule has 27 heavy (non-hydrogen) atoms. The zero-order valence-corrected chi connectivity index (χ0v) is 17.2. The molecule has 0 bridgehead atoms. The lowest BCUT2D eigenvalue weighted by molar-refractivity contribution is -0.0472. The van der Waals surface area contributed by atoms with Gasteiger partial charge in [0, 0.05) is 24.1 Å². The quantitative estimate of drug-likeness (QED) is 0.752. The van der Waals surface area contributed by atoms with Crippen molar-refractivity contribution in [3.05, 3.63) is 52.2 Å². The maximum Gasteiger partial charge on any atom is 0.261 e. The molecule has 0 saturated carbocycles. The molecule has 1 aromatic heterocycles. The molecule has 1 fully saturated rings. The molecule has 0 radical (unpaired) electrons. The van der Waals surface area contributed by atoms with E-state index in [0.717, 1.165) is 36.5 Å². The average molecular weight is 388 g/mol. The van der Waals surface area contributed by atoms with Gasteiger partial charge < -0.3 is 14.8 Å². The number of carbonyl (C=O) groups excluding carboxylic acids is 1. The highest BCUT2D eigenvalue weighted by Crippen LogP contribution is 2.45. The Bertz CT molecular complexity index is 744. The summed E-state index contributed by atoms with van der Waals surface area (Å²) in [5.41, 5.74) is 1.18. The van der Waals surface area contributed by atoms with Crippen LogP contribution in [-0.2, 0) is 10.2 Å². The Morgan fingerprint density at radius 2 is 2.15 bits per heavy atom. The summed E-state index contributed by atoms with van der Waals surface area (Å²) in [6, 6.07) is 12.0. The minimum absolute atomic E-state index is 0.00708. The van der Waals surface area contributed by atoms with Crippen LogP contribution in [0.2, 0.25) is 0 Å². The summed E-state index contributed by atoms with van der Waals surface area (Å²) in [5.74, 6) is 1.39. The van der Waals surface area contributed by atoms with Crippen molar-refractivity contribution in [1.29, 1.82) is 0 Å². The molecule has 3 rings (SSSR count). The second-order valence-corrected chi connectivity index (χ2v) is 8.52. The van der Waals surface area contributed by atoms with Crippen LogP contribution in [0.15, 0.2) is 41.8 Å². The Labute approximate surface area is 165 Å². The number of amides is 1. The normalized spacial score (nSPS) is 22.6. The molecule has 2 heterocycles. The smallest absolute Gasteiger partial charge is 0.261 e. The number of para-hydroxylation sites is 1. The lowest BCUT2D eigenvalue weighted by atomic mass is 9.68. The van der Waals surface area contributed by atoms with E-state index in [9.17, 15) is 4.79 Å². The first-order valence-electron chi connectivity index (χ1n) is 9.62. The lowest BCUT2D eigenvalue weighted by Gasteiger charge is -2.43. The number of hydrogen-bond donors (Lipinski definition) is 1. The Morgan fingerprint density at radius 1 is 1.33 bits per heavy atom. The van der Waals surface area contributed by atoms with E-state index in [1.54, 1.807) is 7.11 Å². The van der Waals surface area contributed by atoms with E-state index in [-0.39, 0.29) is 17.4 Å². The van der Waals surface area contributed by atoms with Crippen molar-refractivity contribution in [1.82, 2.24) is 5.32 Å². The van der Waals surface area contributed by atoms with Crippen molar-refractivity contribution in [3.63, 3.8) is 0 Å². The van der Waals surface area contributed by atoms with Gasteiger partial charge in [0.15, 0.2) is 0 Å². The van der Waals surface area contributed by atoms with Gasteiger partial charge in [0.2, 0.25) is 0 Å². The Kier molecular flexibility index (Phi) is 6.55. The van der Waals surface area contributed by atoms with E-state index >= 15 is 0 Å². The van der Waals surface area contributed by atoms with Gasteiger partial charge in [-0.25, -0.2) is 0 Å². The molecule has 0 aliphatic carbocycles. The molecular weight excluding hydrogens is 358 g/mol. The summed E-state index contributed by atoms with van der Waals surface area (Å²) in [7, 11) is 1.73. The zero-order valence-electron chi connectivity index (χ0n) is 16.4. The van der Waals surface area contributed by atoms with E-state index in [1.165, 1.54) is 16.9 Å². The first kappa shape index (κ1) is 19.9. The number of ether oxygens (including phenoxy) is 2. The molecule has 1 N–H and O–H groups in total. The summed E-state index contributed by atoms with van der Waals surface area (Å²) < 4.78 is 11.7. The summed E-state index contributed by atoms with van der Waals surface area (Å²) in [4.78, 5) is 13.1. The summed E-state index contributed by atoms with van der Waals surface area (Å²) in [6.45, 7) is 5.79. The molecule has 0 spiro atoms. The van der Waals surface area contributed by atoms with E-state index in [1.807, 2.05) is 29.6 Å². The molecule has 1 aromatic carbocycles. The molecule has 1 aliphatic rings. The number of hydrogen-bond acceptors (Lipinski definition) is 4. The van der Waals surface area contributed by atoms with Gasteiger partial charge in [-0.05, 0) is 42.7 Å². The second kappa shape index (κ2) is 8.89. The number of thiophene rings is 1. The van der Waals surface area contributed by atoms with Crippen LogP contribution in [0.5, 0.6) is 5.75 Å². The average Bonchev–Trinajstić information content (AvgIpc) is 3.23. The number of carbonyl (C=O) groups is 1. The second-order valence-electron chi connectivity index (χ2n) is 7.57. The topological polar surface area (TPSA) is 47.6 Å². The van der Waals surface area contributed by atoms with Crippen molar-refractivity contribution in [2.24, 2.45) is 5.92 Å². The van der Waals surface area contributed by atoms with Crippen LogP contribution in [0.3, 0.4) is 0 Å². The molecule has 0 unspecified atom stereocenters. The van der Waals surface area contributed by atoms with Crippen LogP contribution >= 0.6 is 11.3 Å². The van der Waals surface area contributed by atoms with Gasteiger partial charge in [-0.15, -0.1) is 11.3 Å². The molecule has 4 nitrogen and oxygen atoms in total. The molecule has 1 amide bonds. The van der Waals surface area contributed by atoms with Gasteiger partial charge >= 0.3 is 0 Å². The fourth-order valence-electron chi connectivity index (χ4n) is 3.98. The molecule has 2 atom stereocenters. The predicted octanol–water partition coefficient (Wildman–Crippen LogP) is 4.65. The van der Waals surface area contributed by atoms with Crippen LogP contribution < -0.4 is 10.1 Å². The highest BCUT2D eigenvalue weighted by Gasteiger charge is 2.40. The van der Waals surface area contributed by atoms with Crippen molar-refractivity contribution in [2.75, 3.05) is 20.3 Å². The molecule has 2 aromatic rings. The van der Waals surface area contributed by atoms with Crippen LogP contribution in [0.4, 0.5) is 0 Å². The zero-order chi connectivity index (χ0) is 19.3. The van der Waals surface area contributed by atoms with Crippen molar-refractivity contribution < 1.29 is 14.3 Å². The van der Waals surface area contributed by atoms with Gasteiger partial charge in [0.1, 0.15) is 5.75 Å². The van der Waals surface area contributed by atoms with E-state index in [2.05, 4.69) is 31.3 Å². The SMILES string of the molecule is COc1ccccc1[C@@]1(CCNC(=O)c2cccs2)CCO[C@H](C(C)C)C1. The van der Waals surface area contributed by atoms with Crippen LogP contribution in [0.25, 0.3) is 0 Å². The molecule has 146 valence electrons. The molecule has 5 heteroatoms. The minimum Gasteiger partial charge on any atom is -0.496 e. The Morgan fingerprint density at radius 3 is 2.85 bits per heavy atom. The van der Waals surface area contributed by atoms with Gasteiger partial charge in [-0.1, -0.05) is 38.1 Å². The number of methoxy groups -OCH3 is 1. The van der Waals surface area contributed by atoms with E-state index < -0.39 is 0 Å². The van der Waals surface area contributed by atoms with Gasteiger partial charge in [0.25, 0.3) is 5.91 Å². The van der Waals surface area contributed by atoms with Crippen LogP contribution in [0.1, 0.15) is 48.3 Å². The third kappa shape index (κ3) is 4.53. The molecular formula is C22H29NO3S. The van der Waals surface area contributed by atoms with E-state index in [0.29, 0.717) is 12.5 Å². The number of nitrogens with one attached hydrogen (secondary N) is 1. The highest BCUT2D eigenvalue weighted by molar-refractivity contribution is 7.12. The Hall–Kier alpha value is -1.85. The van der Waals surface area contributed by atoms with Gasteiger partial charge in [0.05, 0.1) is 18.1 Å². The van der Waals surface area contributed by atoms with Gasteiger partial charge in [-0.2, -0.15) is 0 Å². The maximum absolute atomic E-state index is 12.3. The first-order chi connectivity index (χ1) is 13.1. The van der Waals surface area contributed by atoms with E-state index in [4.69, 9.17) is 9.47 Å². The Balaban J connectivity index is 1.80. The maximum atomic E-state index is 12.3. The monoisotopic (exact) mass is 387 g/mol. The lowest BCUT2D eigenvalue weighted by Crippen LogP contribution is -2.43. The number of benzene rings is 1. The summed E-state index contributed by atoms with van der Waals surface area (Å²) in [5, 5.41) is 5.03. The van der Waals surface area contributed by atoms with Crippen molar-refractivity contribution >= 4 is 17.2 Å². The molecule has 1 aliphatic heterocycles. The van der Waals surface area contributed by atoms with Crippen LogP contribution in [0, 0.1) is 5.92 Å². The highest BCUT2D eigenvalue weighted by atomic mass is 32.1. The fourth-order valence-corrected chi connectivity index (χ4v) is 4.62. The first-order valence-corrected chi connectivity index (χ1v) is 10.5. The third-order valence-electron chi connectivity index (χ3n) is 5.56.